The summed E-state index contributed by atoms with van der Waals surface area (Å²) in [6.07, 6.45) is 2.94. The lowest BCUT2D eigenvalue weighted by Crippen LogP contribution is -2.35. The van der Waals surface area contributed by atoms with Crippen LogP contribution < -0.4 is 10.0 Å². The number of hydrogen-bond donors (Lipinski definition) is 1. The van der Waals surface area contributed by atoms with Crippen molar-refractivity contribution in [1.29, 1.82) is 0 Å². The largest absolute Gasteiger partial charge is 0.460 e. The second-order valence-electron chi connectivity index (χ2n) is 9.42. The lowest BCUT2D eigenvalue weighted by atomic mass is 10.0. The van der Waals surface area contributed by atoms with E-state index in [9.17, 15) is 22.4 Å². The number of carbonyl (C=O) groups is 2. The molecule has 1 aliphatic carbocycles. The number of carbonyl (C=O) groups excluding carboxylic acids is 2. The summed E-state index contributed by atoms with van der Waals surface area (Å²) >= 11 is 3.36. The number of Topliss-reactive ketones (excluding diaryl/α,β-unsaturated/α-hetero) is 1. The number of hydrogen-bond acceptors (Lipinski definition) is 5. The van der Waals surface area contributed by atoms with Gasteiger partial charge in [-0.25, -0.2) is 12.8 Å². The van der Waals surface area contributed by atoms with E-state index in [0.717, 1.165) is 23.4 Å². The van der Waals surface area contributed by atoms with Crippen LogP contribution in [0.15, 0.2) is 69.6 Å². The molecule has 1 amide bonds. The molecule has 1 fully saturated rings. The number of amides is 1. The summed E-state index contributed by atoms with van der Waals surface area (Å²) < 4.78 is 47.1. The van der Waals surface area contributed by atoms with E-state index in [0.29, 0.717) is 38.0 Å². The maximum Gasteiger partial charge on any atom is 0.252 e. The number of furan rings is 1. The molecule has 5 rings (SSSR count). The minimum atomic E-state index is -3.87. The van der Waals surface area contributed by atoms with Gasteiger partial charge in [0.1, 0.15) is 17.2 Å². The molecule has 2 N–H and O–H groups in total. The van der Waals surface area contributed by atoms with Crippen LogP contribution in [0.4, 0.5) is 10.1 Å². The quantitative estimate of drug-likeness (QED) is 0.254. The first kappa shape index (κ1) is 26.1. The Labute approximate surface area is 227 Å². The molecule has 1 aromatic heterocycles. The zero-order valence-electron chi connectivity index (χ0n) is 20.4. The Hall–Kier alpha value is -3.50. The molecule has 0 radical (unpaired) electrons. The van der Waals surface area contributed by atoms with E-state index in [2.05, 4.69) is 15.9 Å². The molecular weight excluding hydrogens is 575 g/mol. The van der Waals surface area contributed by atoms with Crippen LogP contribution in [0, 0.1) is 5.82 Å². The molecule has 1 saturated carbocycles. The van der Waals surface area contributed by atoms with E-state index in [1.807, 2.05) is 0 Å². The third kappa shape index (κ3) is 5.23. The average molecular weight is 599 g/mol. The number of benzene rings is 3. The van der Waals surface area contributed by atoms with Gasteiger partial charge in [-0.3, -0.25) is 13.9 Å². The van der Waals surface area contributed by atoms with Crippen LogP contribution in [0.2, 0.25) is 0 Å². The first-order chi connectivity index (χ1) is 18.0. The molecular formula is C28H24BrFN2O5S. The minimum absolute atomic E-state index is 0.0772. The van der Waals surface area contributed by atoms with Crippen LogP contribution in [0.1, 0.15) is 56.4 Å². The Morgan fingerprint density at radius 2 is 1.79 bits per heavy atom. The van der Waals surface area contributed by atoms with Crippen molar-refractivity contribution in [2.24, 2.45) is 5.73 Å². The Balaban J connectivity index is 1.63. The molecule has 0 saturated heterocycles. The highest BCUT2D eigenvalue weighted by Crippen LogP contribution is 2.47. The van der Waals surface area contributed by atoms with E-state index >= 15 is 0 Å². The van der Waals surface area contributed by atoms with Crippen molar-refractivity contribution in [3.63, 3.8) is 0 Å². The van der Waals surface area contributed by atoms with Gasteiger partial charge < -0.3 is 10.2 Å². The van der Waals surface area contributed by atoms with Crippen molar-refractivity contribution in [2.45, 2.75) is 25.2 Å². The standard InChI is InChI=1S/C28H24BrFN2O5S/c1-38(35,36)32(15-24(33)19-4-2-3-5-22(19)29)23-14-25-21(13-20(23)17-8-9-17)27(28(31)34)26(37-25)12-16-6-10-18(30)11-7-16/h2-7,10-11,13-14,17H,8-9,12,15H2,1H3,(H2,31,34). The number of anilines is 1. The number of nitrogens with zero attached hydrogens (tertiary/aromatic N) is 1. The monoisotopic (exact) mass is 598 g/mol. The number of fused-ring (bicyclic) bond motifs is 1. The molecule has 0 unspecified atom stereocenters. The van der Waals surface area contributed by atoms with Gasteiger partial charge in [0, 0.05) is 27.9 Å². The molecule has 0 spiro atoms. The van der Waals surface area contributed by atoms with Crippen molar-refractivity contribution in [1.82, 2.24) is 0 Å². The summed E-state index contributed by atoms with van der Waals surface area (Å²) in [4.78, 5) is 25.7. The topological polar surface area (TPSA) is 111 Å². The van der Waals surface area contributed by atoms with Gasteiger partial charge in [-0.1, -0.05) is 46.3 Å². The highest BCUT2D eigenvalue weighted by molar-refractivity contribution is 9.10. The fourth-order valence-corrected chi connectivity index (χ4v) is 5.98. The Morgan fingerprint density at radius 1 is 1.11 bits per heavy atom. The summed E-state index contributed by atoms with van der Waals surface area (Å²) in [7, 11) is -3.87. The number of ketones is 1. The van der Waals surface area contributed by atoms with Gasteiger partial charge in [0.05, 0.1) is 24.1 Å². The summed E-state index contributed by atoms with van der Waals surface area (Å²) in [6, 6.07) is 16.0. The normalized spacial score (nSPS) is 13.6. The van der Waals surface area contributed by atoms with E-state index in [1.54, 1.807) is 48.5 Å². The molecule has 1 aliphatic rings. The molecule has 0 atom stereocenters. The van der Waals surface area contributed by atoms with Crippen molar-refractivity contribution < 1.29 is 26.8 Å². The molecule has 38 heavy (non-hydrogen) atoms. The average Bonchev–Trinajstić information content (AvgIpc) is 3.63. The third-order valence-electron chi connectivity index (χ3n) is 6.58. The predicted octanol–water partition coefficient (Wildman–Crippen LogP) is 5.55. The number of halogens is 2. The number of rotatable bonds is 9. The molecule has 0 bridgehead atoms. The zero-order valence-corrected chi connectivity index (χ0v) is 22.8. The van der Waals surface area contributed by atoms with E-state index in [1.165, 1.54) is 12.1 Å². The van der Waals surface area contributed by atoms with Crippen molar-refractivity contribution in [3.8, 4) is 0 Å². The smallest absolute Gasteiger partial charge is 0.252 e. The number of nitrogens with two attached hydrogens (primary N) is 1. The van der Waals surface area contributed by atoms with Crippen LogP contribution in [0.25, 0.3) is 11.0 Å². The van der Waals surface area contributed by atoms with E-state index < -0.39 is 22.5 Å². The second-order valence-corrected chi connectivity index (χ2v) is 12.2. The van der Waals surface area contributed by atoms with Gasteiger partial charge in [0.15, 0.2) is 5.78 Å². The van der Waals surface area contributed by atoms with E-state index in [4.69, 9.17) is 10.2 Å². The lowest BCUT2D eigenvalue weighted by Gasteiger charge is -2.25. The van der Waals surface area contributed by atoms with Crippen LogP contribution >= 0.6 is 15.9 Å². The molecule has 10 heteroatoms. The van der Waals surface area contributed by atoms with Crippen molar-refractivity contribution >= 4 is 54.3 Å². The van der Waals surface area contributed by atoms with Crippen LogP contribution in [-0.4, -0.2) is 32.9 Å². The number of sulfonamides is 1. The zero-order chi connectivity index (χ0) is 27.2. The Bertz CT molecular complexity index is 1680. The number of primary amides is 1. The van der Waals surface area contributed by atoms with Gasteiger partial charge in [-0.05, 0) is 54.2 Å². The summed E-state index contributed by atoms with van der Waals surface area (Å²) in [5.74, 6) is -1.06. The predicted molar refractivity (Wildman–Crippen MR) is 147 cm³/mol. The molecule has 7 nitrogen and oxygen atoms in total. The van der Waals surface area contributed by atoms with Crippen LogP contribution in [-0.2, 0) is 16.4 Å². The van der Waals surface area contributed by atoms with Gasteiger partial charge in [-0.2, -0.15) is 0 Å². The van der Waals surface area contributed by atoms with Gasteiger partial charge in [0.25, 0.3) is 5.91 Å². The highest BCUT2D eigenvalue weighted by atomic mass is 79.9. The van der Waals surface area contributed by atoms with Crippen molar-refractivity contribution in [3.05, 3.63) is 99.0 Å². The Kier molecular flexibility index (Phi) is 6.87. The van der Waals surface area contributed by atoms with Gasteiger partial charge in [-0.15, -0.1) is 0 Å². The molecule has 196 valence electrons. The highest BCUT2D eigenvalue weighted by Gasteiger charge is 2.33. The fraction of sp³-hybridized carbons (Fsp3) is 0.214. The van der Waals surface area contributed by atoms with E-state index in [-0.39, 0.29) is 35.1 Å². The molecule has 4 aromatic rings. The van der Waals surface area contributed by atoms with Crippen LogP contribution in [0.3, 0.4) is 0 Å². The first-order valence-electron chi connectivity index (χ1n) is 11.9. The van der Waals surface area contributed by atoms with Gasteiger partial charge in [0.2, 0.25) is 10.0 Å². The maximum atomic E-state index is 13.4. The summed E-state index contributed by atoms with van der Waals surface area (Å²) in [5.41, 5.74) is 8.34. The first-order valence-corrected chi connectivity index (χ1v) is 14.6. The van der Waals surface area contributed by atoms with Crippen LogP contribution in [0.5, 0.6) is 0 Å². The summed E-state index contributed by atoms with van der Waals surface area (Å²) in [5, 5.41) is 0.478. The van der Waals surface area contributed by atoms with Gasteiger partial charge >= 0.3 is 0 Å². The second kappa shape index (κ2) is 9.99. The lowest BCUT2D eigenvalue weighted by molar-refractivity contribution is 0.0992. The van der Waals surface area contributed by atoms with Crippen molar-refractivity contribution in [2.75, 3.05) is 17.1 Å². The SMILES string of the molecule is CS(=O)(=O)N(CC(=O)c1ccccc1Br)c1cc2oc(Cc3ccc(F)cc3)c(C(N)=O)c2cc1C1CC1. The minimum Gasteiger partial charge on any atom is -0.460 e. The maximum absolute atomic E-state index is 13.4. The third-order valence-corrected chi connectivity index (χ3v) is 8.40. The fourth-order valence-electron chi connectivity index (χ4n) is 4.60. The molecule has 3 aromatic carbocycles. The molecule has 0 aliphatic heterocycles. The molecule has 1 heterocycles. The Morgan fingerprint density at radius 3 is 2.39 bits per heavy atom. The summed E-state index contributed by atoms with van der Waals surface area (Å²) in [6.45, 7) is -0.404.